The lowest BCUT2D eigenvalue weighted by Gasteiger charge is -2.38. The van der Waals surface area contributed by atoms with Crippen molar-refractivity contribution in [2.45, 2.75) is 44.2 Å². The standard InChI is InChI=1S/C16H17N3O2/c17-10-12-4-6-13(7-5-12)11-19-15(21)18-14(20)16(19)8-2-1-3-9-16/h4-7H,1-3,8-9,11H2,(H,18,20,21). The Kier molecular flexibility index (Phi) is 3.38. The van der Waals surface area contributed by atoms with Crippen molar-refractivity contribution >= 4 is 11.9 Å². The van der Waals surface area contributed by atoms with Crippen LogP contribution in [0.25, 0.3) is 0 Å². The van der Waals surface area contributed by atoms with Gasteiger partial charge in [0.25, 0.3) is 5.91 Å². The molecule has 3 amide bonds. The number of nitrogens with one attached hydrogen (secondary N) is 1. The lowest BCUT2D eigenvalue weighted by atomic mass is 9.80. The molecule has 108 valence electrons. The number of imide groups is 1. The summed E-state index contributed by atoms with van der Waals surface area (Å²) < 4.78 is 0. The normalized spacial score (nSPS) is 20.4. The Balaban J connectivity index is 1.86. The summed E-state index contributed by atoms with van der Waals surface area (Å²) in [5.41, 5.74) is 0.861. The Morgan fingerprint density at radius 3 is 2.43 bits per heavy atom. The minimum Gasteiger partial charge on any atom is -0.305 e. The summed E-state index contributed by atoms with van der Waals surface area (Å²) >= 11 is 0. The number of hydrogen-bond acceptors (Lipinski definition) is 3. The molecule has 0 radical (unpaired) electrons. The Labute approximate surface area is 123 Å². The first-order valence-corrected chi connectivity index (χ1v) is 7.28. The van der Waals surface area contributed by atoms with Crippen LogP contribution in [0, 0.1) is 11.3 Å². The molecule has 3 rings (SSSR count). The zero-order valence-electron chi connectivity index (χ0n) is 11.8. The smallest absolute Gasteiger partial charge is 0.305 e. The molecular weight excluding hydrogens is 266 g/mol. The van der Waals surface area contributed by atoms with E-state index in [4.69, 9.17) is 5.26 Å². The molecule has 1 aliphatic carbocycles. The van der Waals surface area contributed by atoms with Crippen LogP contribution in [0.2, 0.25) is 0 Å². The van der Waals surface area contributed by atoms with Crippen molar-refractivity contribution in [2.24, 2.45) is 0 Å². The third-order valence-corrected chi connectivity index (χ3v) is 4.51. The van der Waals surface area contributed by atoms with E-state index in [1.54, 1.807) is 17.0 Å². The summed E-state index contributed by atoms with van der Waals surface area (Å²) in [6, 6.07) is 8.92. The Morgan fingerprint density at radius 2 is 1.81 bits per heavy atom. The first kappa shape index (κ1) is 13.6. The highest BCUT2D eigenvalue weighted by Gasteiger charge is 2.52. The summed E-state index contributed by atoms with van der Waals surface area (Å²) in [6.07, 6.45) is 4.55. The number of nitrogens with zero attached hydrogens (tertiary/aromatic N) is 2. The van der Waals surface area contributed by atoms with Crippen LogP contribution >= 0.6 is 0 Å². The van der Waals surface area contributed by atoms with Gasteiger partial charge in [-0.05, 0) is 30.5 Å². The number of amides is 3. The molecule has 2 aliphatic rings. The van der Waals surface area contributed by atoms with E-state index < -0.39 is 5.54 Å². The summed E-state index contributed by atoms with van der Waals surface area (Å²) in [7, 11) is 0. The molecular formula is C16H17N3O2. The molecule has 2 fully saturated rings. The Morgan fingerprint density at radius 1 is 1.14 bits per heavy atom. The highest BCUT2D eigenvalue weighted by atomic mass is 16.2. The van der Waals surface area contributed by atoms with Crippen molar-refractivity contribution < 1.29 is 9.59 Å². The fourth-order valence-electron chi connectivity index (χ4n) is 3.32. The van der Waals surface area contributed by atoms with E-state index in [2.05, 4.69) is 11.4 Å². The molecule has 5 heteroatoms. The van der Waals surface area contributed by atoms with Gasteiger partial charge in [-0.25, -0.2) is 4.79 Å². The first-order valence-electron chi connectivity index (χ1n) is 7.28. The molecule has 1 saturated carbocycles. The molecule has 1 saturated heterocycles. The SMILES string of the molecule is N#Cc1ccc(CN2C(=O)NC(=O)C23CCCCC3)cc1. The van der Waals surface area contributed by atoms with Crippen LogP contribution in [0.15, 0.2) is 24.3 Å². The van der Waals surface area contributed by atoms with Gasteiger partial charge in [-0.1, -0.05) is 31.4 Å². The second kappa shape index (κ2) is 5.21. The highest BCUT2D eigenvalue weighted by Crippen LogP contribution is 2.38. The molecule has 0 aromatic heterocycles. The van der Waals surface area contributed by atoms with E-state index in [1.165, 1.54) is 0 Å². The maximum atomic E-state index is 12.2. The Bertz CT molecular complexity index is 609. The molecule has 1 aromatic rings. The van der Waals surface area contributed by atoms with Gasteiger partial charge >= 0.3 is 6.03 Å². The van der Waals surface area contributed by atoms with Crippen molar-refractivity contribution in [3.05, 3.63) is 35.4 Å². The topological polar surface area (TPSA) is 73.2 Å². The predicted molar refractivity (Wildman–Crippen MR) is 76.1 cm³/mol. The number of benzene rings is 1. The fourth-order valence-corrected chi connectivity index (χ4v) is 3.32. The van der Waals surface area contributed by atoms with Crippen LogP contribution in [0.3, 0.4) is 0 Å². The van der Waals surface area contributed by atoms with E-state index in [-0.39, 0.29) is 11.9 Å². The van der Waals surface area contributed by atoms with Gasteiger partial charge in [-0.15, -0.1) is 0 Å². The number of carbonyl (C=O) groups is 2. The largest absolute Gasteiger partial charge is 0.325 e. The molecule has 0 bridgehead atoms. The average Bonchev–Trinajstić information content (AvgIpc) is 2.73. The molecule has 0 atom stereocenters. The van der Waals surface area contributed by atoms with Crippen LogP contribution in [-0.4, -0.2) is 22.4 Å². The van der Waals surface area contributed by atoms with Crippen molar-refractivity contribution in [2.75, 3.05) is 0 Å². The number of carbonyl (C=O) groups excluding carboxylic acids is 2. The minimum absolute atomic E-state index is 0.152. The monoisotopic (exact) mass is 283 g/mol. The van der Waals surface area contributed by atoms with Gasteiger partial charge < -0.3 is 4.90 Å². The van der Waals surface area contributed by atoms with Crippen LogP contribution < -0.4 is 5.32 Å². The molecule has 5 nitrogen and oxygen atoms in total. The summed E-state index contributed by atoms with van der Waals surface area (Å²) in [4.78, 5) is 26.0. The second-order valence-corrected chi connectivity index (χ2v) is 5.75. The number of hydrogen-bond donors (Lipinski definition) is 1. The van der Waals surface area contributed by atoms with Crippen LogP contribution in [0.4, 0.5) is 4.79 Å². The maximum absolute atomic E-state index is 12.2. The molecule has 1 N–H and O–H groups in total. The molecule has 0 unspecified atom stereocenters. The van der Waals surface area contributed by atoms with Gasteiger partial charge in [0.1, 0.15) is 5.54 Å². The van der Waals surface area contributed by atoms with E-state index in [0.29, 0.717) is 12.1 Å². The second-order valence-electron chi connectivity index (χ2n) is 5.75. The van der Waals surface area contributed by atoms with E-state index >= 15 is 0 Å². The summed E-state index contributed by atoms with van der Waals surface area (Å²) in [5, 5.41) is 11.3. The zero-order valence-corrected chi connectivity index (χ0v) is 11.8. The van der Waals surface area contributed by atoms with E-state index in [0.717, 1.165) is 37.7 Å². The van der Waals surface area contributed by atoms with E-state index in [1.807, 2.05) is 12.1 Å². The lowest BCUT2D eigenvalue weighted by molar-refractivity contribution is -0.128. The number of nitriles is 1. The predicted octanol–water partition coefficient (Wildman–Crippen LogP) is 2.31. The van der Waals surface area contributed by atoms with Crippen molar-refractivity contribution in [3.8, 4) is 6.07 Å². The third-order valence-electron chi connectivity index (χ3n) is 4.51. The quantitative estimate of drug-likeness (QED) is 0.846. The number of urea groups is 1. The van der Waals surface area contributed by atoms with Gasteiger partial charge in [-0.3, -0.25) is 10.1 Å². The highest BCUT2D eigenvalue weighted by molar-refractivity contribution is 6.07. The van der Waals surface area contributed by atoms with Crippen molar-refractivity contribution in [1.29, 1.82) is 5.26 Å². The summed E-state index contributed by atoms with van der Waals surface area (Å²) in [6.45, 7) is 0.406. The lowest BCUT2D eigenvalue weighted by Crippen LogP contribution is -2.50. The molecule has 21 heavy (non-hydrogen) atoms. The Hall–Kier alpha value is -2.35. The maximum Gasteiger partial charge on any atom is 0.325 e. The molecule has 1 spiro atoms. The minimum atomic E-state index is -0.663. The molecule has 1 aliphatic heterocycles. The number of rotatable bonds is 2. The van der Waals surface area contributed by atoms with Crippen LogP contribution in [0.5, 0.6) is 0 Å². The van der Waals surface area contributed by atoms with E-state index in [9.17, 15) is 9.59 Å². The van der Waals surface area contributed by atoms with Crippen molar-refractivity contribution in [1.82, 2.24) is 10.2 Å². The van der Waals surface area contributed by atoms with Crippen molar-refractivity contribution in [3.63, 3.8) is 0 Å². The van der Waals surface area contributed by atoms with Crippen LogP contribution in [-0.2, 0) is 11.3 Å². The van der Waals surface area contributed by atoms with Gasteiger partial charge in [0, 0.05) is 6.54 Å². The zero-order chi connectivity index (χ0) is 14.9. The average molecular weight is 283 g/mol. The molecule has 1 heterocycles. The summed E-state index contributed by atoms with van der Waals surface area (Å²) in [5.74, 6) is -0.152. The van der Waals surface area contributed by atoms with Gasteiger partial charge in [0.15, 0.2) is 0 Å². The van der Waals surface area contributed by atoms with Gasteiger partial charge in [0.2, 0.25) is 0 Å². The van der Waals surface area contributed by atoms with Crippen LogP contribution in [0.1, 0.15) is 43.2 Å². The first-order chi connectivity index (χ1) is 10.2. The fraction of sp³-hybridized carbons (Fsp3) is 0.438. The van der Waals surface area contributed by atoms with Gasteiger partial charge in [0.05, 0.1) is 11.6 Å². The van der Waals surface area contributed by atoms with Gasteiger partial charge in [-0.2, -0.15) is 5.26 Å². The molecule has 1 aromatic carbocycles. The third kappa shape index (κ3) is 2.27.